The van der Waals surface area contributed by atoms with Gasteiger partial charge in [0.1, 0.15) is 0 Å². The standard InChI is InChI=1S/C12H15NO2/c1-4-9-6-8(3)7-10-11(9)15-12(14)13(10)5-2/h6-7H,4-5H2,1-3H3. The quantitative estimate of drug-likeness (QED) is 0.755. The van der Waals surface area contributed by atoms with Gasteiger partial charge in [0.05, 0.1) is 5.52 Å². The van der Waals surface area contributed by atoms with Crippen LogP contribution >= 0.6 is 0 Å². The highest BCUT2D eigenvalue weighted by Crippen LogP contribution is 2.20. The summed E-state index contributed by atoms with van der Waals surface area (Å²) in [5.41, 5.74) is 3.94. The molecule has 0 bridgehead atoms. The maximum atomic E-state index is 11.5. The summed E-state index contributed by atoms with van der Waals surface area (Å²) in [7, 11) is 0. The molecule has 0 amide bonds. The van der Waals surface area contributed by atoms with Gasteiger partial charge < -0.3 is 4.42 Å². The van der Waals surface area contributed by atoms with Crippen molar-refractivity contribution >= 4 is 11.1 Å². The van der Waals surface area contributed by atoms with E-state index in [0.29, 0.717) is 6.54 Å². The zero-order valence-corrected chi connectivity index (χ0v) is 9.33. The summed E-state index contributed by atoms with van der Waals surface area (Å²) in [4.78, 5) is 11.5. The van der Waals surface area contributed by atoms with Crippen LogP contribution in [-0.4, -0.2) is 4.57 Å². The number of oxazole rings is 1. The predicted molar refractivity (Wildman–Crippen MR) is 60.3 cm³/mol. The minimum Gasteiger partial charge on any atom is -0.407 e. The molecule has 1 heterocycles. The van der Waals surface area contributed by atoms with Gasteiger partial charge in [-0.2, -0.15) is 0 Å². The molecule has 0 aliphatic carbocycles. The van der Waals surface area contributed by atoms with Crippen LogP contribution in [0.1, 0.15) is 25.0 Å². The van der Waals surface area contributed by atoms with Crippen molar-refractivity contribution in [3.8, 4) is 0 Å². The molecule has 1 aromatic carbocycles. The molecule has 2 rings (SSSR count). The number of hydrogen-bond acceptors (Lipinski definition) is 2. The van der Waals surface area contributed by atoms with Crippen LogP contribution in [0, 0.1) is 6.92 Å². The van der Waals surface area contributed by atoms with Crippen molar-refractivity contribution in [3.63, 3.8) is 0 Å². The highest BCUT2D eigenvalue weighted by molar-refractivity contribution is 5.77. The molecule has 3 heteroatoms. The Morgan fingerprint density at radius 3 is 2.67 bits per heavy atom. The van der Waals surface area contributed by atoms with E-state index in [-0.39, 0.29) is 5.76 Å². The Morgan fingerprint density at radius 1 is 1.33 bits per heavy atom. The molecule has 15 heavy (non-hydrogen) atoms. The van der Waals surface area contributed by atoms with Crippen LogP contribution in [0.2, 0.25) is 0 Å². The molecule has 1 aromatic heterocycles. The minimum atomic E-state index is -0.257. The van der Waals surface area contributed by atoms with Crippen LogP contribution < -0.4 is 5.76 Å². The molecule has 0 unspecified atom stereocenters. The first-order valence-corrected chi connectivity index (χ1v) is 5.30. The lowest BCUT2D eigenvalue weighted by atomic mass is 10.1. The van der Waals surface area contributed by atoms with E-state index >= 15 is 0 Å². The summed E-state index contributed by atoms with van der Waals surface area (Å²) >= 11 is 0. The lowest BCUT2D eigenvalue weighted by Gasteiger charge is -2.01. The summed E-state index contributed by atoms with van der Waals surface area (Å²) in [6.45, 7) is 6.70. The lowest BCUT2D eigenvalue weighted by molar-refractivity contribution is 0.511. The molecule has 0 saturated carbocycles. The van der Waals surface area contributed by atoms with Crippen LogP contribution in [0.5, 0.6) is 0 Å². The Bertz CT molecular complexity index is 548. The van der Waals surface area contributed by atoms with Gasteiger partial charge in [-0.15, -0.1) is 0 Å². The SMILES string of the molecule is CCc1cc(C)cc2c1oc(=O)n2CC. The lowest BCUT2D eigenvalue weighted by Crippen LogP contribution is -2.12. The molecule has 0 atom stereocenters. The van der Waals surface area contributed by atoms with Crippen molar-refractivity contribution in [2.45, 2.75) is 33.7 Å². The van der Waals surface area contributed by atoms with Crippen molar-refractivity contribution in [3.05, 3.63) is 33.8 Å². The Labute approximate surface area is 88.3 Å². The second kappa shape index (κ2) is 3.57. The molecule has 0 radical (unpaired) electrons. The van der Waals surface area contributed by atoms with Crippen molar-refractivity contribution in [1.29, 1.82) is 0 Å². The van der Waals surface area contributed by atoms with E-state index in [1.807, 2.05) is 19.9 Å². The minimum absolute atomic E-state index is 0.257. The van der Waals surface area contributed by atoms with Gasteiger partial charge in [0.2, 0.25) is 0 Å². The van der Waals surface area contributed by atoms with Crippen molar-refractivity contribution < 1.29 is 4.42 Å². The molecule has 0 saturated heterocycles. The van der Waals surface area contributed by atoms with Gasteiger partial charge in [0.15, 0.2) is 5.58 Å². The number of aromatic nitrogens is 1. The Morgan fingerprint density at radius 2 is 2.07 bits per heavy atom. The molecular weight excluding hydrogens is 190 g/mol. The first-order valence-electron chi connectivity index (χ1n) is 5.30. The second-order valence-corrected chi connectivity index (χ2v) is 3.74. The van der Waals surface area contributed by atoms with Crippen LogP contribution in [0.15, 0.2) is 21.3 Å². The molecule has 3 nitrogen and oxygen atoms in total. The van der Waals surface area contributed by atoms with E-state index in [0.717, 1.165) is 23.1 Å². The summed E-state index contributed by atoms with van der Waals surface area (Å²) in [5, 5.41) is 0. The van der Waals surface area contributed by atoms with Gasteiger partial charge in [-0.25, -0.2) is 4.79 Å². The summed E-state index contributed by atoms with van der Waals surface area (Å²) in [6, 6.07) is 4.08. The number of aryl methyl sites for hydroxylation is 3. The highest BCUT2D eigenvalue weighted by Gasteiger charge is 2.11. The summed E-state index contributed by atoms with van der Waals surface area (Å²) in [6.07, 6.45) is 0.884. The summed E-state index contributed by atoms with van der Waals surface area (Å²) in [5.74, 6) is -0.257. The topological polar surface area (TPSA) is 35.1 Å². The normalized spacial score (nSPS) is 11.1. The van der Waals surface area contributed by atoms with Gasteiger partial charge in [0, 0.05) is 6.54 Å². The van der Waals surface area contributed by atoms with Gasteiger partial charge in [-0.05, 0) is 37.5 Å². The molecule has 0 N–H and O–H groups in total. The number of rotatable bonds is 2. The van der Waals surface area contributed by atoms with Gasteiger partial charge in [0.25, 0.3) is 0 Å². The third-order valence-electron chi connectivity index (χ3n) is 2.69. The third-order valence-corrected chi connectivity index (χ3v) is 2.69. The van der Waals surface area contributed by atoms with Crippen LogP contribution in [0.25, 0.3) is 11.1 Å². The smallest absolute Gasteiger partial charge is 0.407 e. The molecule has 0 fully saturated rings. The van der Waals surface area contributed by atoms with Crippen molar-refractivity contribution in [1.82, 2.24) is 4.57 Å². The molecule has 0 aliphatic heterocycles. The van der Waals surface area contributed by atoms with Crippen LogP contribution in [0.3, 0.4) is 0 Å². The first-order chi connectivity index (χ1) is 7.17. The fourth-order valence-electron chi connectivity index (χ4n) is 1.95. The molecular formula is C12H15NO2. The Hall–Kier alpha value is -1.51. The van der Waals surface area contributed by atoms with Crippen molar-refractivity contribution in [2.75, 3.05) is 0 Å². The van der Waals surface area contributed by atoms with Crippen molar-refractivity contribution in [2.24, 2.45) is 0 Å². The number of hydrogen-bond donors (Lipinski definition) is 0. The average molecular weight is 205 g/mol. The zero-order chi connectivity index (χ0) is 11.0. The highest BCUT2D eigenvalue weighted by atomic mass is 16.4. The largest absolute Gasteiger partial charge is 0.419 e. The fourth-order valence-corrected chi connectivity index (χ4v) is 1.95. The molecule has 2 aromatic rings. The number of benzene rings is 1. The van der Waals surface area contributed by atoms with E-state index in [1.54, 1.807) is 4.57 Å². The maximum absolute atomic E-state index is 11.5. The van der Waals surface area contributed by atoms with E-state index in [1.165, 1.54) is 5.56 Å². The maximum Gasteiger partial charge on any atom is 0.419 e. The van der Waals surface area contributed by atoms with E-state index in [9.17, 15) is 4.79 Å². The second-order valence-electron chi connectivity index (χ2n) is 3.74. The Balaban J connectivity index is 2.89. The van der Waals surface area contributed by atoms with Gasteiger partial charge in [-0.3, -0.25) is 4.57 Å². The number of fused-ring (bicyclic) bond motifs is 1. The molecule has 80 valence electrons. The van der Waals surface area contributed by atoms with Crippen LogP contribution in [-0.2, 0) is 13.0 Å². The monoisotopic (exact) mass is 205 g/mol. The predicted octanol–water partition coefficient (Wildman–Crippen LogP) is 2.49. The van der Waals surface area contributed by atoms with E-state index in [2.05, 4.69) is 13.0 Å². The third kappa shape index (κ3) is 1.48. The van der Waals surface area contributed by atoms with Gasteiger partial charge in [-0.1, -0.05) is 13.0 Å². The van der Waals surface area contributed by atoms with E-state index in [4.69, 9.17) is 4.42 Å². The zero-order valence-electron chi connectivity index (χ0n) is 9.33. The first kappa shape index (κ1) is 10.0. The Kier molecular flexibility index (Phi) is 2.39. The fraction of sp³-hybridized carbons (Fsp3) is 0.417. The number of nitrogens with zero attached hydrogens (tertiary/aromatic N) is 1. The van der Waals surface area contributed by atoms with Gasteiger partial charge >= 0.3 is 5.76 Å². The van der Waals surface area contributed by atoms with Crippen LogP contribution in [0.4, 0.5) is 0 Å². The van der Waals surface area contributed by atoms with E-state index < -0.39 is 0 Å². The summed E-state index contributed by atoms with van der Waals surface area (Å²) < 4.78 is 6.94. The molecule has 0 aliphatic rings. The average Bonchev–Trinajstić information content (AvgIpc) is 2.52. The molecule has 0 spiro atoms.